The summed E-state index contributed by atoms with van der Waals surface area (Å²) in [7, 11) is 0. The lowest BCUT2D eigenvalue weighted by Gasteiger charge is -2.07. The van der Waals surface area contributed by atoms with Gasteiger partial charge in [0, 0.05) is 11.3 Å². The van der Waals surface area contributed by atoms with Crippen molar-refractivity contribution in [1.82, 2.24) is 10.3 Å². The predicted molar refractivity (Wildman–Crippen MR) is 76.1 cm³/mol. The Labute approximate surface area is 112 Å². The maximum atomic E-state index is 4.84. The standard InChI is InChI=1S/C15H18N2S/c1-11-15(13-8-5-9-16-13)17-14(18-11)10-12-6-3-2-4-7-12/h2-4,6-7,13,16H,5,8-10H2,1H3. The van der Waals surface area contributed by atoms with E-state index in [1.807, 2.05) is 11.3 Å². The highest BCUT2D eigenvalue weighted by Crippen LogP contribution is 2.29. The molecule has 0 aliphatic carbocycles. The Morgan fingerprint density at radius 2 is 2.17 bits per heavy atom. The summed E-state index contributed by atoms with van der Waals surface area (Å²) in [5.74, 6) is 0. The molecule has 0 radical (unpaired) electrons. The SMILES string of the molecule is Cc1sc(Cc2ccccc2)nc1C1CCCN1. The van der Waals surface area contributed by atoms with E-state index >= 15 is 0 Å². The van der Waals surface area contributed by atoms with Crippen LogP contribution in [0.4, 0.5) is 0 Å². The zero-order valence-electron chi connectivity index (χ0n) is 10.6. The fourth-order valence-electron chi connectivity index (χ4n) is 2.55. The van der Waals surface area contributed by atoms with E-state index in [2.05, 4.69) is 42.6 Å². The van der Waals surface area contributed by atoms with Gasteiger partial charge in [-0.2, -0.15) is 0 Å². The van der Waals surface area contributed by atoms with Gasteiger partial charge in [-0.05, 0) is 31.9 Å². The van der Waals surface area contributed by atoms with E-state index < -0.39 is 0 Å². The molecule has 1 aromatic heterocycles. The maximum Gasteiger partial charge on any atom is 0.0975 e. The Kier molecular flexibility index (Phi) is 3.43. The average Bonchev–Trinajstić information content (AvgIpc) is 3.00. The number of nitrogens with zero attached hydrogens (tertiary/aromatic N) is 1. The molecule has 1 saturated heterocycles. The summed E-state index contributed by atoms with van der Waals surface area (Å²) in [6.07, 6.45) is 3.46. The molecule has 2 heterocycles. The molecule has 2 nitrogen and oxygen atoms in total. The summed E-state index contributed by atoms with van der Waals surface area (Å²) >= 11 is 1.84. The lowest BCUT2D eigenvalue weighted by molar-refractivity contribution is 0.626. The van der Waals surface area contributed by atoms with E-state index in [0.29, 0.717) is 6.04 Å². The van der Waals surface area contributed by atoms with Gasteiger partial charge in [-0.1, -0.05) is 30.3 Å². The zero-order valence-corrected chi connectivity index (χ0v) is 11.5. The second-order valence-electron chi connectivity index (χ2n) is 4.86. The summed E-state index contributed by atoms with van der Waals surface area (Å²) in [5, 5.41) is 4.77. The van der Waals surface area contributed by atoms with Crippen LogP contribution in [0.5, 0.6) is 0 Å². The molecule has 0 spiro atoms. The van der Waals surface area contributed by atoms with Crippen molar-refractivity contribution in [2.45, 2.75) is 32.2 Å². The van der Waals surface area contributed by atoms with Crippen molar-refractivity contribution in [1.29, 1.82) is 0 Å². The lowest BCUT2D eigenvalue weighted by atomic mass is 10.1. The van der Waals surface area contributed by atoms with Crippen molar-refractivity contribution < 1.29 is 0 Å². The topological polar surface area (TPSA) is 24.9 Å². The quantitative estimate of drug-likeness (QED) is 0.912. The monoisotopic (exact) mass is 258 g/mol. The average molecular weight is 258 g/mol. The normalized spacial score (nSPS) is 19.3. The Morgan fingerprint density at radius 3 is 2.89 bits per heavy atom. The van der Waals surface area contributed by atoms with Gasteiger partial charge in [0.1, 0.15) is 0 Å². The first kappa shape index (κ1) is 11.9. The highest BCUT2D eigenvalue weighted by Gasteiger charge is 2.21. The van der Waals surface area contributed by atoms with Gasteiger partial charge in [0.25, 0.3) is 0 Å². The van der Waals surface area contributed by atoms with Crippen molar-refractivity contribution in [3.8, 4) is 0 Å². The zero-order chi connectivity index (χ0) is 12.4. The molecule has 1 atom stereocenters. The van der Waals surface area contributed by atoms with E-state index in [-0.39, 0.29) is 0 Å². The fraction of sp³-hybridized carbons (Fsp3) is 0.400. The van der Waals surface area contributed by atoms with E-state index in [1.165, 1.54) is 34.0 Å². The Hall–Kier alpha value is -1.19. The van der Waals surface area contributed by atoms with E-state index in [0.717, 1.165) is 13.0 Å². The Morgan fingerprint density at radius 1 is 1.33 bits per heavy atom. The number of aryl methyl sites for hydroxylation is 1. The minimum atomic E-state index is 0.491. The first-order chi connectivity index (χ1) is 8.83. The van der Waals surface area contributed by atoms with Crippen LogP contribution in [0.2, 0.25) is 0 Å². The third kappa shape index (κ3) is 2.47. The van der Waals surface area contributed by atoms with Crippen LogP contribution in [-0.2, 0) is 6.42 Å². The number of thiazole rings is 1. The van der Waals surface area contributed by atoms with E-state index in [4.69, 9.17) is 4.98 Å². The van der Waals surface area contributed by atoms with Crippen LogP contribution in [0.25, 0.3) is 0 Å². The summed E-state index contributed by atoms with van der Waals surface area (Å²) in [4.78, 5) is 6.22. The predicted octanol–water partition coefficient (Wildman–Crippen LogP) is 3.47. The molecular weight excluding hydrogens is 240 g/mol. The molecule has 0 saturated carbocycles. The van der Waals surface area contributed by atoms with Crippen LogP contribution in [0.15, 0.2) is 30.3 Å². The highest BCUT2D eigenvalue weighted by molar-refractivity contribution is 7.11. The second kappa shape index (κ2) is 5.21. The fourth-order valence-corrected chi connectivity index (χ4v) is 3.58. The molecule has 94 valence electrons. The minimum absolute atomic E-state index is 0.491. The maximum absolute atomic E-state index is 4.84. The minimum Gasteiger partial charge on any atom is -0.309 e. The molecule has 3 heteroatoms. The molecule has 1 aliphatic rings. The van der Waals surface area contributed by atoms with Gasteiger partial charge in [0.15, 0.2) is 0 Å². The van der Waals surface area contributed by atoms with Crippen LogP contribution in [0.3, 0.4) is 0 Å². The number of benzene rings is 1. The van der Waals surface area contributed by atoms with Gasteiger partial charge in [-0.25, -0.2) is 4.98 Å². The number of hydrogen-bond acceptors (Lipinski definition) is 3. The summed E-state index contributed by atoms with van der Waals surface area (Å²) in [6, 6.07) is 11.1. The lowest BCUT2D eigenvalue weighted by Crippen LogP contribution is -2.14. The van der Waals surface area contributed by atoms with Crippen molar-refractivity contribution >= 4 is 11.3 Å². The van der Waals surface area contributed by atoms with Crippen molar-refractivity contribution in [3.63, 3.8) is 0 Å². The van der Waals surface area contributed by atoms with Crippen LogP contribution in [0.1, 0.15) is 40.0 Å². The van der Waals surface area contributed by atoms with Crippen molar-refractivity contribution in [2.75, 3.05) is 6.54 Å². The largest absolute Gasteiger partial charge is 0.309 e. The first-order valence-corrected chi connectivity index (χ1v) is 7.38. The van der Waals surface area contributed by atoms with Crippen LogP contribution < -0.4 is 5.32 Å². The smallest absolute Gasteiger partial charge is 0.0975 e. The molecule has 1 unspecified atom stereocenters. The molecule has 1 fully saturated rings. The Bertz CT molecular complexity index is 513. The first-order valence-electron chi connectivity index (χ1n) is 6.56. The molecule has 1 aromatic carbocycles. The summed E-state index contributed by atoms with van der Waals surface area (Å²) in [5.41, 5.74) is 2.63. The molecule has 18 heavy (non-hydrogen) atoms. The van der Waals surface area contributed by atoms with Gasteiger partial charge < -0.3 is 5.32 Å². The molecular formula is C15H18N2S. The summed E-state index contributed by atoms with van der Waals surface area (Å²) in [6.45, 7) is 3.33. The molecule has 0 amide bonds. The third-order valence-electron chi connectivity index (χ3n) is 3.47. The van der Waals surface area contributed by atoms with Crippen LogP contribution >= 0.6 is 11.3 Å². The van der Waals surface area contributed by atoms with Gasteiger partial charge in [-0.3, -0.25) is 0 Å². The van der Waals surface area contributed by atoms with Gasteiger partial charge in [-0.15, -0.1) is 11.3 Å². The van der Waals surface area contributed by atoms with Crippen LogP contribution in [-0.4, -0.2) is 11.5 Å². The third-order valence-corrected chi connectivity index (χ3v) is 4.45. The summed E-state index contributed by atoms with van der Waals surface area (Å²) < 4.78 is 0. The number of nitrogens with one attached hydrogen (secondary N) is 1. The molecule has 1 N–H and O–H groups in total. The van der Waals surface area contributed by atoms with Gasteiger partial charge >= 0.3 is 0 Å². The molecule has 0 bridgehead atoms. The number of rotatable bonds is 3. The van der Waals surface area contributed by atoms with Crippen molar-refractivity contribution in [2.24, 2.45) is 0 Å². The molecule has 1 aliphatic heterocycles. The molecule has 3 rings (SSSR count). The van der Waals surface area contributed by atoms with Gasteiger partial charge in [0.05, 0.1) is 16.7 Å². The highest BCUT2D eigenvalue weighted by atomic mass is 32.1. The van der Waals surface area contributed by atoms with Crippen LogP contribution in [0, 0.1) is 6.92 Å². The van der Waals surface area contributed by atoms with E-state index in [1.54, 1.807) is 0 Å². The molecule has 2 aromatic rings. The van der Waals surface area contributed by atoms with E-state index in [9.17, 15) is 0 Å². The second-order valence-corrected chi connectivity index (χ2v) is 6.15. The Balaban J connectivity index is 1.79. The number of hydrogen-bond donors (Lipinski definition) is 1. The van der Waals surface area contributed by atoms with Gasteiger partial charge in [0.2, 0.25) is 0 Å². The van der Waals surface area contributed by atoms with Crippen molar-refractivity contribution in [3.05, 3.63) is 51.5 Å². The number of aromatic nitrogens is 1.